The van der Waals surface area contributed by atoms with E-state index in [4.69, 9.17) is 0 Å². The molecule has 50 heavy (non-hydrogen) atoms. The molecule has 0 saturated carbocycles. The Balaban J connectivity index is 0.00000196. The standard InChI is InChI=1S/C36H24N4O10.4H2/c41-29(19-5-11-23-25(15-19)35(47)49-33(23)45)37-21-7-1-17(2-8-21)13-27-31(43)40-28(32(44)39-27)14-18-3-9-22(10-4-18)38-30(42)20-6-12-24-26(16-20)36(48)50-34(24)46;;;;/h1-12,15-16,27-28H,13-14H2,(H,37,41)(H,38,42)(H,39,44)(H,40,43);4*1H. The van der Waals surface area contributed by atoms with E-state index in [-0.39, 0.29) is 63.7 Å². The molecule has 3 heterocycles. The van der Waals surface area contributed by atoms with Crippen LogP contribution in [0.4, 0.5) is 11.4 Å². The van der Waals surface area contributed by atoms with Crippen LogP contribution in [0, 0.1) is 0 Å². The van der Waals surface area contributed by atoms with E-state index < -0.39 is 47.8 Å². The fourth-order valence-electron chi connectivity index (χ4n) is 5.74. The third-order valence-electron chi connectivity index (χ3n) is 8.38. The lowest BCUT2D eigenvalue weighted by atomic mass is 9.98. The molecule has 0 aliphatic carbocycles. The zero-order valence-corrected chi connectivity index (χ0v) is 25.7. The van der Waals surface area contributed by atoms with Gasteiger partial charge in [0.2, 0.25) is 11.8 Å². The van der Waals surface area contributed by atoms with Gasteiger partial charge in [0, 0.05) is 41.0 Å². The molecular formula is C36H32N4O10. The van der Waals surface area contributed by atoms with Gasteiger partial charge < -0.3 is 30.7 Å². The first kappa shape index (κ1) is 31.6. The number of carbonyl (C=O) groups excluding carboxylic acids is 8. The second-order valence-corrected chi connectivity index (χ2v) is 11.7. The summed E-state index contributed by atoms with van der Waals surface area (Å²) in [4.78, 5) is 98.2. The number of nitrogens with one attached hydrogen (secondary N) is 4. The summed E-state index contributed by atoms with van der Waals surface area (Å²) in [5, 5.41) is 11.0. The molecular weight excluding hydrogens is 648 g/mol. The van der Waals surface area contributed by atoms with E-state index in [9.17, 15) is 38.4 Å². The molecule has 1 saturated heterocycles. The summed E-state index contributed by atoms with van der Waals surface area (Å²) in [6.07, 6.45) is 0.408. The second kappa shape index (κ2) is 12.6. The summed E-state index contributed by atoms with van der Waals surface area (Å²) >= 11 is 0. The fraction of sp³-hybridized carbons (Fsp3) is 0.111. The predicted molar refractivity (Wildman–Crippen MR) is 181 cm³/mol. The number of esters is 4. The van der Waals surface area contributed by atoms with Gasteiger partial charge >= 0.3 is 23.9 Å². The molecule has 1 fully saturated rings. The van der Waals surface area contributed by atoms with E-state index in [0.717, 1.165) is 11.1 Å². The highest BCUT2D eigenvalue weighted by molar-refractivity contribution is 6.17. The summed E-state index contributed by atoms with van der Waals surface area (Å²) in [5.41, 5.74) is 2.95. The van der Waals surface area contributed by atoms with Crippen LogP contribution in [-0.4, -0.2) is 59.6 Å². The Kier molecular flexibility index (Phi) is 7.95. The van der Waals surface area contributed by atoms with Crippen LogP contribution in [0.25, 0.3) is 0 Å². The molecule has 4 N–H and O–H groups in total. The molecule has 14 heteroatoms. The molecule has 0 radical (unpaired) electrons. The zero-order chi connectivity index (χ0) is 35.1. The Morgan fingerprint density at radius 2 is 0.880 bits per heavy atom. The Morgan fingerprint density at radius 3 is 1.26 bits per heavy atom. The van der Waals surface area contributed by atoms with Gasteiger partial charge in [0.25, 0.3) is 11.8 Å². The van der Waals surface area contributed by atoms with E-state index in [1.807, 2.05) is 0 Å². The fourth-order valence-corrected chi connectivity index (χ4v) is 5.74. The van der Waals surface area contributed by atoms with Crippen molar-refractivity contribution in [2.75, 3.05) is 10.6 Å². The molecule has 3 aliphatic heterocycles. The zero-order valence-electron chi connectivity index (χ0n) is 25.7. The van der Waals surface area contributed by atoms with E-state index in [2.05, 4.69) is 30.7 Å². The third kappa shape index (κ3) is 6.20. The molecule has 4 amide bonds. The van der Waals surface area contributed by atoms with E-state index >= 15 is 0 Å². The van der Waals surface area contributed by atoms with Crippen molar-refractivity contribution in [3.8, 4) is 0 Å². The minimum absolute atomic E-state index is 0. The lowest BCUT2D eigenvalue weighted by molar-refractivity contribution is -0.136. The number of hydrogen-bond acceptors (Lipinski definition) is 10. The van der Waals surface area contributed by atoms with Crippen LogP contribution in [0.15, 0.2) is 84.9 Å². The Hall–Kier alpha value is -6.96. The number of anilines is 2. The maximum atomic E-state index is 12.9. The van der Waals surface area contributed by atoms with Gasteiger partial charge in [0.15, 0.2) is 0 Å². The largest absolute Gasteiger partial charge is 0.386 e. The first-order chi connectivity index (χ1) is 24.0. The molecule has 0 spiro atoms. The van der Waals surface area contributed by atoms with Crippen LogP contribution in [0.2, 0.25) is 0 Å². The van der Waals surface area contributed by atoms with Crippen molar-refractivity contribution in [3.05, 3.63) is 129 Å². The first-order valence-corrected chi connectivity index (χ1v) is 15.2. The molecule has 0 bridgehead atoms. The quantitative estimate of drug-likeness (QED) is 0.157. The van der Waals surface area contributed by atoms with E-state index in [1.165, 1.54) is 36.4 Å². The molecule has 14 nitrogen and oxygen atoms in total. The summed E-state index contributed by atoms with van der Waals surface area (Å²) in [6, 6.07) is 19.9. The van der Waals surface area contributed by atoms with Gasteiger partial charge in [0.05, 0.1) is 22.3 Å². The van der Waals surface area contributed by atoms with Gasteiger partial charge in [-0.05, 0) is 71.8 Å². The number of piperazine rings is 1. The van der Waals surface area contributed by atoms with Gasteiger partial charge in [0.1, 0.15) is 12.1 Å². The molecule has 4 aromatic rings. The molecule has 7 rings (SSSR count). The molecule has 2 atom stereocenters. The smallest absolute Gasteiger partial charge is 0.346 e. The summed E-state index contributed by atoms with van der Waals surface area (Å²) in [6.45, 7) is 0. The van der Waals surface area contributed by atoms with Gasteiger partial charge in [-0.1, -0.05) is 24.3 Å². The van der Waals surface area contributed by atoms with Crippen molar-refractivity contribution in [1.82, 2.24) is 10.6 Å². The summed E-state index contributed by atoms with van der Waals surface area (Å²) in [5.74, 6) is -4.84. The average molecular weight is 681 g/mol. The maximum absolute atomic E-state index is 12.9. The predicted octanol–water partition coefficient (Wildman–Crippen LogP) is 3.56. The van der Waals surface area contributed by atoms with Crippen molar-refractivity contribution in [2.45, 2.75) is 24.9 Å². The molecule has 0 aromatic heterocycles. The minimum atomic E-state index is -0.815. The minimum Gasteiger partial charge on any atom is -0.386 e. The first-order valence-electron chi connectivity index (χ1n) is 15.2. The second-order valence-electron chi connectivity index (χ2n) is 11.7. The highest BCUT2D eigenvalue weighted by atomic mass is 16.6. The maximum Gasteiger partial charge on any atom is 0.346 e. The normalized spacial score (nSPS) is 17.6. The van der Waals surface area contributed by atoms with Crippen molar-refractivity contribution in [3.63, 3.8) is 0 Å². The highest BCUT2D eigenvalue weighted by Crippen LogP contribution is 2.24. The van der Waals surface area contributed by atoms with Gasteiger partial charge in [-0.3, -0.25) is 19.2 Å². The number of fused-ring (bicyclic) bond motifs is 2. The number of carbonyl (C=O) groups is 8. The SMILES string of the molecule is O=C(Nc1ccc(CC2NC(=O)C(Cc3ccc(NC(=O)c4ccc5c(c4)C(=O)OC5=O)cc3)NC2=O)cc1)c1ccc2c(c1)C(=O)OC2=O.[HH].[HH].[HH].[HH]. The highest BCUT2D eigenvalue weighted by Gasteiger charge is 2.34. The lowest BCUT2D eigenvalue weighted by Crippen LogP contribution is -2.62. The number of rotatable bonds is 8. The molecule has 4 aromatic carbocycles. The van der Waals surface area contributed by atoms with Crippen LogP contribution < -0.4 is 21.3 Å². The van der Waals surface area contributed by atoms with E-state index in [0.29, 0.717) is 11.4 Å². The van der Waals surface area contributed by atoms with Crippen LogP contribution in [-0.2, 0) is 31.9 Å². The third-order valence-corrected chi connectivity index (χ3v) is 8.38. The monoisotopic (exact) mass is 680 g/mol. The van der Waals surface area contributed by atoms with E-state index in [1.54, 1.807) is 48.5 Å². The van der Waals surface area contributed by atoms with Crippen LogP contribution >= 0.6 is 0 Å². The Morgan fingerprint density at radius 1 is 0.520 bits per heavy atom. The molecule has 3 aliphatic rings. The molecule has 256 valence electrons. The summed E-state index contributed by atoms with van der Waals surface area (Å²) in [7, 11) is 0. The van der Waals surface area contributed by atoms with Crippen LogP contribution in [0.1, 0.15) is 79.0 Å². The Bertz CT molecular complexity index is 2040. The van der Waals surface area contributed by atoms with Crippen molar-refractivity contribution >= 4 is 58.9 Å². The van der Waals surface area contributed by atoms with Crippen LogP contribution in [0.5, 0.6) is 0 Å². The number of amides is 4. The Labute approximate surface area is 288 Å². The number of cyclic esters (lactones) is 4. The van der Waals surface area contributed by atoms with Gasteiger partial charge in [-0.15, -0.1) is 0 Å². The lowest BCUT2D eigenvalue weighted by Gasteiger charge is -2.30. The van der Waals surface area contributed by atoms with Crippen LogP contribution in [0.3, 0.4) is 0 Å². The van der Waals surface area contributed by atoms with Crippen molar-refractivity contribution in [1.29, 1.82) is 0 Å². The average Bonchev–Trinajstić information content (AvgIpc) is 3.56. The summed E-state index contributed by atoms with van der Waals surface area (Å²) < 4.78 is 9.11. The van der Waals surface area contributed by atoms with Gasteiger partial charge in [-0.2, -0.15) is 0 Å². The number of ether oxygens (including phenoxy) is 2. The number of benzene rings is 4. The molecule has 2 unspecified atom stereocenters. The van der Waals surface area contributed by atoms with Crippen molar-refractivity contribution in [2.24, 2.45) is 0 Å². The van der Waals surface area contributed by atoms with Crippen molar-refractivity contribution < 1.29 is 53.5 Å². The number of hydrogen-bond donors (Lipinski definition) is 4. The van der Waals surface area contributed by atoms with Gasteiger partial charge in [-0.25, -0.2) is 19.2 Å². The topological polar surface area (TPSA) is 203 Å².